The standard InChI is InChI=1S/C22H27NO5S/c1-5-8-28-22(25)19-17-7-6-13(2)9-18(17)29-21(19)23-20(24)14-10-15(26-3)12-16(11-14)27-4/h10-13H,5-9H2,1-4H3,(H,23,24). The van der Waals surface area contributed by atoms with Gasteiger partial charge in [0.05, 0.1) is 26.4 Å². The number of fused-ring (bicyclic) bond motifs is 1. The van der Waals surface area contributed by atoms with Crippen LogP contribution in [0.4, 0.5) is 5.00 Å². The van der Waals surface area contributed by atoms with Crippen molar-refractivity contribution in [3.05, 3.63) is 39.8 Å². The summed E-state index contributed by atoms with van der Waals surface area (Å²) in [5, 5.41) is 3.48. The van der Waals surface area contributed by atoms with Crippen molar-refractivity contribution >= 4 is 28.2 Å². The first-order valence-corrected chi connectivity index (χ1v) is 10.6. The molecular formula is C22H27NO5S. The molecule has 1 N–H and O–H groups in total. The Bertz CT molecular complexity index is 883. The molecule has 6 nitrogen and oxygen atoms in total. The van der Waals surface area contributed by atoms with Gasteiger partial charge in [0.1, 0.15) is 16.5 Å². The zero-order chi connectivity index (χ0) is 21.0. The topological polar surface area (TPSA) is 73.9 Å². The van der Waals surface area contributed by atoms with E-state index in [-0.39, 0.29) is 11.9 Å². The van der Waals surface area contributed by atoms with E-state index in [0.717, 1.165) is 36.1 Å². The van der Waals surface area contributed by atoms with E-state index in [0.29, 0.717) is 40.2 Å². The number of hydrogen-bond acceptors (Lipinski definition) is 6. The number of benzene rings is 1. The zero-order valence-corrected chi connectivity index (χ0v) is 18.1. The molecule has 0 bridgehead atoms. The summed E-state index contributed by atoms with van der Waals surface area (Å²) >= 11 is 1.48. The first-order valence-electron chi connectivity index (χ1n) is 9.82. The van der Waals surface area contributed by atoms with Gasteiger partial charge in [-0.05, 0) is 49.3 Å². The molecule has 1 aliphatic carbocycles. The van der Waals surface area contributed by atoms with Gasteiger partial charge in [-0.25, -0.2) is 4.79 Å². The first-order chi connectivity index (χ1) is 14.0. The molecule has 1 heterocycles. The lowest BCUT2D eigenvalue weighted by Gasteiger charge is -2.18. The summed E-state index contributed by atoms with van der Waals surface area (Å²) in [5.41, 5.74) is 1.93. The number of carbonyl (C=O) groups is 2. The molecule has 156 valence electrons. The molecular weight excluding hydrogens is 390 g/mol. The molecule has 0 spiro atoms. The maximum atomic E-state index is 12.9. The van der Waals surface area contributed by atoms with Crippen molar-refractivity contribution in [1.29, 1.82) is 0 Å². The van der Waals surface area contributed by atoms with Gasteiger partial charge in [-0.2, -0.15) is 0 Å². The highest BCUT2D eigenvalue weighted by Crippen LogP contribution is 2.40. The monoisotopic (exact) mass is 417 g/mol. The Morgan fingerprint density at radius 2 is 1.86 bits per heavy atom. The number of hydrogen-bond donors (Lipinski definition) is 1. The van der Waals surface area contributed by atoms with E-state index in [1.54, 1.807) is 18.2 Å². The lowest BCUT2D eigenvalue weighted by Crippen LogP contribution is -2.17. The Morgan fingerprint density at radius 1 is 1.17 bits per heavy atom. The van der Waals surface area contributed by atoms with Gasteiger partial charge in [0.25, 0.3) is 5.91 Å². The molecule has 0 radical (unpaired) electrons. The molecule has 0 saturated heterocycles. The fourth-order valence-electron chi connectivity index (χ4n) is 3.44. The van der Waals surface area contributed by atoms with Crippen LogP contribution < -0.4 is 14.8 Å². The van der Waals surface area contributed by atoms with E-state index in [1.807, 2.05) is 6.92 Å². The number of nitrogens with one attached hydrogen (secondary N) is 1. The maximum absolute atomic E-state index is 12.9. The number of thiophene rings is 1. The van der Waals surface area contributed by atoms with Crippen LogP contribution in [0, 0.1) is 5.92 Å². The van der Waals surface area contributed by atoms with Crippen molar-refractivity contribution in [3.8, 4) is 11.5 Å². The van der Waals surface area contributed by atoms with Crippen LogP contribution in [0.2, 0.25) is 0 Å². The van der Waals surface area contributed by atoms with E-state index in [4.69, 9.17) is 14.2 Å². The van der Waals surface area contributed by atoms with Crippen molar-refractivity contribution in [2.75, 3.05) is 26.1 Å². The summed E-state index contributed by atoms with van der Waals surface area (Å²) in [5.74, 6) is 0.926. The molecule has 0 fully saturated rings. The molecule has 3 rings (SSSR count). The van der Waals surface area contributed by atoms with E-state index in [9.17, 15) is 9.59 Å². The summed E-state index contributed by atoms with van der Waals surface area (Å²) < 4.78 is 15.9. The van der Waals surface area contributed by atoms with E-state index < -0.39 is 0 Å². The maximum Gasteiger partial charge on any atom is 0.341 e. The van der Waals surface area contributed by atoms with E-state index >= 15 is 0 Å². The number of rotatable bonds is 7. The van der Waals surface area contributed by atoms with Gasteiger partial charge in [-0.15, -0.1) is 11.3 Å². The second-order valence-corrected chi connectivity index (χ2v) is 8.35. The number of methoxy groups -OCH3 is 2. The normalized spacial score (nSPS) is 15.4. The number of anilines is 1. The van der Waals surface area contributed by atoms with Crippen LogP contribution in [0.5, 0.6) is 11.5 Å². The third-order valence-electron chi connectivity index (χ3n) is 4.99. The van der Waals surface area contributed by atoms with Crippen LogP contribution >= 0.6 is 11.3 Å². The predicted octanol–water partition coefficient (Wildman–Crippen LogP) is 4.71. The number of esters is 1. The summed E-state index contributed by atoms with van der Waals surface area (Å²) in [6.07, 6.45) is 3.52. The van der Waals surface area contributed by atoms with Crippen molar-refractivity contribution in [1.82, 2.24) is 0 Å². The highest BCUT2D eigenvalue weighted by Gasteiger charge is 2.29. The molecule has 1 atom stereocenters. The van der Waals surface area contributed by atoms with Gasteiger partial charge in [0.2, 0.25) is 0 Å². The first kappa shape index (κ1) is 21.2. The van der Waals surface area contributed by atoms with Crippen molar-refractivity contribution in [3.63, 3.8) is 0 Å². The van der Waals surface area contributed by atoms with Gasteiger partial charge in [0, 0.05) is 16.5 Å². The molecule has 1 amide bonds. The van der Waals surface area contributed by atoms with Gasteiger partial charge in [0.15, 0.2) is 0 Å². The Morgan fingerprint density at radius 3 is 2.48 bits per heavy atom. The zero-order valence-electron chi connectivity index (χ0n) is 17.3. The van der Waals surface area contributed by atoms with Crippen molar-refractivity contribution in [2.24, 2.45) is 5.92 Å². The highest BCUT2D eigenvalue weighted by atomic mass is 32.1. The number of ether oxygens (including phenoxy) is 3. The minimum absolute atomic E-state index is 0.321. The van der Waals surface area contributed by atoms with E-state index in [1.165, 1.54) is 25.6 Å². The van der Waals surface area contributed by atoms with Crippen LogP contribution in [0.15, 0.2) is 18.2 Å². The average molecular weight is 418 g/mol. The van der Waals surface area contributed by atoms with Crippen molar-refractivity contribution < 1.29 is 23.8 Å². The predicted molar refractivity (Wildman–Crippen MR) is 114 cm³/mol. The smallest absolute Gasteiger partial charge is 0.341 e. The molecule has 7 heteroatoms. The van der Waals surface area contributed by atoms with Gasteiger partial charge < -0.3 is 19.5 Å². The molecule has 1 aromatic carbocycles. The second kappa shape index (κ2) is 9.31. The molecule has 0 aliphatic heterocycles. The Kier molecular flexibility index (Phi) is 6.79. The fraction of sp³-hybridized carbons (Fsp3) is 0.455. The largest absolute Gasteiger partial charge is 0.497 e. The van der Waals surface area contributed by atoms with Crippen LogP contribution in [0.25, 0.3) is 0 Å². The fourth-order valence-corrected chi connectivity index (χ4v) is 4.83. The third kappa shape index (κ3) is 4.72. The van der Waals surface area contributed by atoms with Gasteiger partial charge in [-0.1, -0.05) is 13.8 Å². The second-order valence-electron chi connectivity index (χ2n) is 7.25. The van der Waals surface area contributed by atoms with Gasteiger partial charge in [-0.3, -0.25) is 4.79 Å². The molecule has 1 unspecified atom stereocenters. The number of carbonyl (C=O) groups excluding carboxylic acids is 2. The summed E-state index contributed by atoms with van der Waals surface area (Å²) in [4.78, 5) is 26.9. The lowest BCUT2D eigenvalue weighted by molar-refractivity contribution is 0.0505. The highest BCUT2D eigenvalue weighted by molar-refractivity contribution is 7.17. The molecule has 1 aromatic heterocycles. The minimum Gasteiger partial charge on any atom is -0.497 e. The Hall–Kier alpha value is -2.54. The number of amides is 1. The van der Waals surface area contributed by atoms with Crippen molar-refractivity contribution in [2.45, 2.75) is 39.5 Å². The summed E-state index contributed by atoms with van der Waals surface area (Å²) in [7, 11) is 3.07. The van der Waals surface area contributed by atoms with Crippen LogP contribution in [-0.4, -0.2) is 32.7 Å². The SMILES string of the molecule is CCCOC(=O)c1c(NC(=O)c2cc(OC)cc(OC)c2)sc2c1CCC(C)C2. The van der Waals surface area contributed by atoms with E-state index in [2.05, 4.69) is 12.2 Å². The molecule has 0 saturated carbocycles. The molecule has 29 heavy (non-hydrogen) atoms. The Labute approximate surface area is 175 Å². The Balaban J connectivity index is 1.94. The third-order valence-corrected chi connectivity index (χ3v) is 6.16. The summed E-state index contributed by atoms with van der Waals surface area (Å²) in [6, 6.07) is 4.99. The van der Waals surface area contributed by atoms with Crippen LogP contribution in [0.3, 0.4) is 0 Å². The lowest BCUT2D eigenvalue weighted by atomic mass is 9.88. The average Bonchev–Trinajstić information content (AvgIpc) is 3.08. The van der Waals surface area contributed by atoms with Crippen LogP contribution in [-0.2, 0) is 17.6 Å². The van der Waals surface area contributed by atoms with Crippen LogP contribution in [0.1, 0.15) is 57.8 Å². The molecule has 2 aromatic rings. The quantitative estimate of drug-likeness (QED) is 0.661. The molecule has 1 aliphatic rings. The minimum atomic E-state index is -0.363. The van der Waals surface area contributed by atoms with Gasteiger partial charge >= 0.3 is 5.97 Å². The summed E-state index contributed by atoms with van der Waals surface area (Å²) in [6.45, 7) is 4.52.